The van der Waals surface area contributed by atoms with Crippen LogP contribution >= 0.6 is 0 Å². The first-order valence-corrected chi connectivity index (χ1v) is 3.84. The Kier molecular flexibility index (Phi) is 2.90. The summed E-state index contributed by atoms with van der Waals surface area (Å²) >= 11 is 0. The zero-order valence-corrected chi connectivity index (χ0v) is 7.08. The predicted molar refractivity (Wildman–Crippen MR) is 44.4 cm³/mol. The zero-order chi connectivity index (χ0) is 10.8. The summed E-state index contributed by atoms with van der Waals surface area (Å²) in [5.41, 5.74) is 5.32. The van der Waals surface area contributed by atoms with E-state index >= 15 is 0 Å². The third-order valence-corrected chi connectivity index (χ3v) is 1.72. The molecule has 0 saturated heterocycles. The van der Waals surface area contributed by atoms with Crippen LogP contribution in [0.1, 0.15) is 11.6 Å². The number of benzene rings is 1. The minimum atomic E-state index is -4.88. The number of halogens is 3. The lowest BCUT2D eigenvalue weighted by molar-refractivity contribution is -0.172. The molecular weight excluding hydrogens is 195 g/mol. The Morgan fingerprint density at radius 2 is 1.71 bits per heavy atom. The molecule has 0 heterocycles. The van der Waals surface area contributed by atoms with Crippen LogP contribution in [0, 0.1) is 0 Å². The number of rotatable bonds is 2. The summed E-state index contributed by atoms with van der Waals surface area (Å²) < 4.78 is 35.9. The molecular formula is C9H8F3NO. The van der Waals surface area contributed by atoms with Crippen molar-refractivity contribution in [2.24, 2.45) is 5.73 Å². The highest BCUT2D eigenvalue weighted by Gasteiger charge is 2.42. The van der Waals surface area contributed by atoms with Gasteiger partial charge < -0.3 is 5.73 Å². The number of nitrogens with two attached hydrogens (primary N) is 1. The van der Waals surface area contributed by atoms with Gasteiger partial charge in [-0.05, 0) is 5.56 Å². The van der Waals surface area contributed by atoms with Crippen LogP contribution in [0.4, 0.5) is 13.2 Å². The largest absolute Gasteiger partial charge is 0.452 e. The van der Waals surface area contributed by atoms with Gasteiger partial charge >= 0.3 is 6.18 Å². The van der Waals surface area contributed by atoms with Gasteiger partial charge in [0.2, 0.25) is 0 Å². The molecule has 76 valence electrons. The summed E-state index contributed by atoms with van der Waals surface area (Å²) in [5, 5.41) is 0. The summed E-state index contributed by atoms with van der Waals surface area (Å²) in [7, 11) is 0. The van der Waals surface area contributed by atoms with Crippen molar-refractivity contribution in [2.45, 2.75) is 12.2 Å². The number of carbonyl (C=O) groups is 1. The van der Waals surface area contributed by atoms with Crippen LogP contribution in [-0.2, 0) is 4.79 Å². The molecule has 1 rings (SSSR count). The topological polar surface area (TPSA) is 43.1 Å². The number of carbonyl (C=O) groups excluding carboxylic acids is 1. The molecule has 0 amide bonds. The van der Waals surface area contributed by atoms with Crippen LogP contribution in [-0.4, -0.2) is 12.0 Å². The molecule has 5 heteroatoms. The van der Waals surface area contributed by atoms with Gasteiger partial charge in [0.25, 0.3) is 5.78 Å². The average molecular weight is 203 g/mol. The first-order chi connectivity index (χ1) is 6.43. The maximum atomic E-state index is 12.0. The van der Waals surface area contributed by atoms with Crippen molar-refractivity contribution in [1.29, 1.82) is 0 Å². The smallest absolute Gasteiger partial charge is 0.318 e. The zero-order valence-electron chi connectivity index (χ0n) is 7.08. The fourth-order valence-electron chi connectivity index (χ4n) is 0.988. The van der Waals surface area contributed by atoms with Gasteiger partial charge in [-0.1, -0.05) is 30.3 Å². The summed E-state index contributed by atoms with van der Waals surface area (Å²) in [6.45, 7) is 0. The van der Waals surface area contributed by atoms with Gasteiger partial charge in [-0.25, -0.2) is 0 Å². The Labute approximate surface area is 78.5 Å². The second kappa shape index (κ2) is 3.79. The first-order valence-electron chi connectivity index (χ1n) is 3.84. The van der Waals surface area contributed by atoms with E-state index in [0.717, 1.165) is 0 Å². The van der Waals surface area contributed by atoms with E-state index in [4.69, 9.17) is 5.73 Å². The maximum absolute atomic E-state index is 12.0. The van der Waals surface area contributed by atoms with E-state index in [2.05, 4.69) is 0 Å². The SMILES string of the molecule is N[C@H](C(=O)C(F)(F)F)c1ccccc1. The van der Waals surface area contributed by atoms with E-state index in [1.807, 2.05) is 0 Å². The number of hydrogen-bond donors (Lipinski definition) is 1. The Balaban J connectivity index is 2.87. The number of alkyl halides is 3. The fourth-order valence-corrected chi connectivity index (χ4v) is 0.988. The summed E-state index contributed by atoms with van der Waals surface area (Å²) in [6, 6.07) is 5.82. The van der Waals surface area contributed by atoms with Crippen molar-refractivity contribution < 1.29 is 18.0 Å². The van der Waals surface area contributed by atoms with Crippen molar-refractivity contribution in [3.63, 3.8) is 0 Å². The number of hydrogen-bond acceptors (Lipinski definition) is 2. The minimum absolute atomic E-state index is 0.162. The van der Waals surface area contributed by atoms with Crippen LogP contribution in [0.3, 0.4) is 0 Å². The monoisotopic (exact) mass is 203 g/mol. The molecule has 1 atom stereocenters. The van der Waals surface area contributed by atoms with Crippen LogP contribution in [0.2, 0.25) is 0 Å². The van der Waals surface area contributed by atoms with E-state index in [1.54, 1.807) is 6.07 Å². The van der Waals surface area contributed by atoms with E-state index in [1.165, 1.54) is 24.3 Å². The molecule has 1 aromatic rings. The van der Waals surface area contributed by atoms with E-state index in [0.29, 0.717) is 0 Å². The first kappa shape index (κ1) is 10.7. The van der Waals surface area contributed by atoms with Crippen molar-refractivity contribution in [2.75, 3.05) is 0 Å². The third-order valence-electron chi connectivity index (χ3n) is 1.72. The third kappa shape index (κ3) is 2.32. The van der Waals surface area contributed by atoms with E-state index in [-0.39, 0.29) is 5.56 Å². The second-order valence-electron chi connectivity index (χ2n) is 2.75. The highest BCUT2D eigenvalue weighted by molar-refractivity contribution is 5.89. The molecule has 14 heavy (non-hydrogen) atoms. The van der Waals surface area contributed by atoms with Gasteiger partial charge in [0.1, 0.15) is 0 Å². The lowest BCUT2D eigenvalue weighted by atomic mass is 10.0. The number of ketones is 1. The van der Waals surface area contributed by atoms with Crippen molar-refractivity contribution >= 4 is 5.78 Å². The molecule has 0 aliphatic rings. The second-order valence-corrected chi connectivity index (χ2v) is 2.75. The Morgan fingerprint density at radius 1 is 1.21 bits per heavy atom. The van der Waals surface area contributed by atoms with E-state index in [9.17, 15) is 18.0 Å². The lowest BCUT2D eigenvalue weighted by Gasteiger charge is -2.12. The summed E-state index contributed by atoms with van der Waals surface area (Å²) in [5.74, 6) is -1.93. The van der Waals surface area contributed by atoms with Crippen LogP contribution in [0.5, 0.6) is 0 Å². The molecule has 2 N–H and O–H groups in total. The molecule has 0 aromatic heterocycles. The van der Waals surface area contributed by atoms with Crippen LogP contribution < -0.4 is 5.73 Å². The molecule has 0 saturated carbocycles. The summed E-state index contributed by atoms with van der Waals surface area (Å²) in [6.07, 6.45) is -4.88. The molecule has 0 bridgehead atoms. The van der Waals surface area contributed by atoms with Crippen molar-refractivity contribution in [3.05, 3.63) is 35.9 Å². The van der Waals surface area contributed by atoms with Gasteiger partial charge in [-0.15, -0.1) is 0 Å². The lowest BCUT2D eigenvalue weighted by Crippen LogP contribution is -2.33. The van der Waals surface area contributed by atoms with Crippen molar-refractivity contribution in [3.8, 4) is 0 Å². The molecule has 0 unspecified atom stereocenters. The minimum Gasteiger partial charge on any atom is -0.318 e. The van der Waals surface area contributed by atoms with Crippen molar-refractivity contribution in [1.82, 2.24) is 0 Å². The van der Waals surface area contributed by atoms with Gasteiger partial charge in [-0.3, -0.25) is 4.79 Å². The molecule has 0 aliphatic carbocycles. The van der Waals surface area contributed by atoms with Crippen LogP contribution in [0.25, 0.3) is 0 Å². The standard InChI is InChI=1S/C9H8F3NO/c10-9(11,12)8(14)7(13)6-4-2-1-3-5-6/h1-5,7H,13H2/t7-/m0/s1. The Bertz CT molecular complexity index is 321. The van der Waals surface area contributed by atoms with E-state index < -0.39 is 18.0 Å². The maximum Gasteiger partial charge on any atom is 0.452 e. The molecule has 0 radical (unpaired) electrons. The molecule has 0 aliphatic heterocycles. The normalized spacial score (nSPS) is 13.7. The summed E-state index contributed by atoms with van der Waals surface area (Å²) in [4.78, 5) is 10.7. The molecule has 2 nitrogen and oxygen atoms in total. The molecule has 0 fully saturated rings. The fraction of sp³-hybridized carbons (Fsp3) is 0.222. The van der Waals surface area contributed by atoms with Crippen LogP contribution in [0.15, 0.2) is 30.3 Å². The quantitative estimate of drug-likeness (QED) is 0.796. The highest BCUT2D eigenvalue weighted by Crippen LogP contribution is 2.23. The Hall–Kier alpha value is -1.36. The molecule has 0 spiro atoms. The van der Waals surface area contributed by atoms with Gasteiger partial charge in [0.05, 0.1) is 6.04 Å². The van der Waals surface area contributed by atoms with Gasteiger partial charge in [-0.2, -0.15) is 13.2 Å². The average Bonchev–Trinajstić information content (AvgIpc) is 2.15. The predicted octanol–water partition coefficient (Wildman–Crippen LogP) is 1.82. The van der Waals surface area contributed by atoms with Gasteiger partial charge in [0.15, 0.2) is 0 Å². The van der Waals surface area contributed by atoms with Gasteiger partial charge in [0, 0.05) is 0 Å². The highest BCUT2D eigenvalue weighted by atomic mass is 19.4. The Morgan fingerprint density at radius 3 is 2.14 bits per heavy atom. The molecule has 1 aromatic carbocycles. The number of Topliss-reactive ketones (excluding diaryl/α,β-unsaturated/α-hetero) is 1.